The second-order valence-corrected chi connectivity index (χ2v) is 6.08. The van der Waals surface area contributed by atoms with Crippen LogP contribution >= 0.6 is 7.82 Å². The Morgan fingerprint density at radius 2 is 1.90 bits per heavy atom. The van der Waals surface area contributed by atoms with Crippen molar-refractivity contribution in [2.45, 2.75) is 26.3 Å². The van der Waals surface area contributed by atoms with Gasteiger partial charge in [-0.3, -0.25) is 9.32 Å². The molecule has 0 aliphatic carbocycles. The van der Waals surface area contributed by atoms with E-state index in [1.54, 1.807) is 13.8 Å². The number of amides is 1. The highest BCUT2D eigenvalue weighted by atomic mass is 31.2. The molecule has 1 amide bonds. The summed E-state index contributed by atoms with van der Waals surface area (Å²) in [5.41, 5.74) is 0.955. The number of phosphoric ester groups is 1. The summed E-state index contributed by atoms with van der Waals surface area (Å²) >= 11 is 0. The van der Waals surface area contributed by atoms with Crippen LogP contribution in [0.4, 0.5) is 0 Å². The van der Waals surface area contributed by atoms with Crippen LogP contribution in [0.25, 0.3) is 0 Å². The maximum absolute atomic E-state index is 11.7. The van der Waals surface area contributed by atoms with Crippen LogP contribution in [0.2, 0.25) is 0 Å². The quantitative estimate of drug-likeness (QED) is 0.663. The molecule has 6 nitrogen and oxygen atoms in total. The first-order chi connectivity index (χ1) is 9.28. The molecule has 0 spiro atoms. The van der Waals surface area contributed by atoms with Gasteiger partial charge in [0.25, 0.3) is 0 Å². The van der Waals surface area contributed by atoms with Crippen molar-refractivity contribution < 1.29 is 23.7 Å². The normalized spacial score (nSPS) is 13.2. The molecule has 1 rings (SSSR count). The molecule has 0 fully saturated rings. The largest absolute Gasteiger partial charge is 0.469 e. The van der Waals surface area contributed by atoms with E-state index in [0.717, 1.165) is 5.56 Å². The van der Waals surface area contributed by atoms with E-state index in [9.17, 15) is 9.36 Å². The molecule has 1 aromatic rings. The topological polar surface area (TPSA) is 95.9 Å². The standard InChI is InChI=1S/C13H20NO5P/c1-10(2)13(15)14-12(9-19-20(16,17)18)8-11-6-4-3-5-7-11/h3-7,10,12H,8-9H2,1-2H3,(H,14,15)(H2,16,17,18)/t12-/m1/s1. The smallest absolute Gasteiger partial charge is 0.350 e. The average molecular weight is 301 g/mol. The van der Waals surface area contributed by atoms with Crippen LogP contribution in [0, 0.1) is 5.92 Å². The van der Waals surface area contributed by atoms with Gasteiger partial charge in [-0.15, -0.1) is 0 Å². The van der Waals surface area contributed by atoms with E-state index in [1.165, 1.54) is 0 Å². The maximum atomic E-state index is 11.7. The van der Waals surface area contributed by atoms with E-state index in [1.807, 2.05) is 30.3 Å². The molecule has 3 N–H and O–H groups in total. The van der Waals surface area contributed by atoms with Gasteiger partial charge in [-0.1, -0.05) is 44.2 Å². The molecule has 0 radical (unpaired) electrons. The van der Waals surface area contributed by atoms with E-state index in [-0.39, 0.29) is 18.4 Å². The van der Waals surface area contributed by atoms with Crippen LogP contribution in [-0.2, 0) is 20.3 Å². The number of phosphoric acid groups is 1. The van der Waals surface area contributed by atoms with Gasteiger partial charge in [0, 0.05) is 5.92 Å². The zero-order chi connectivity index (χ0) is 15.2. The van der Waals surface area contributed by atoms with Crippen molar-refractivity contribution in [1.82, 2.24) is 5.32 Å². The Hall–Kier alpha value is -1.20. The van der Waals surface area contributed by atoms with Crippen molar-refractivity contribution in [2.75, 3.05) is 6.61 Å². The molecule has 0 aromatic heterocycles. The molecule has 0 aliphatic rings. The molecule has 0 saturated heterocycles. The number of benzene rings is 1. The highest BCUT2D eigenvalue weighted by molar-refractivity contribution is 7.46. The summed E-state index contributed by atoms with van der Waals surface area (Å²) < 4.78 is 15.3. The summed E-state index contributed by atoms with van der Waals surface area (Å²) in [5.74, 6) is -0.386. The van der Waals surface area contributed by atoms with Crippen LogP contribution in [0.5, 0.6) is 0 Å². The zero-order valence-corrected chi connectivity index (χ0v) is 12.4. The third-order valence-electron chi connectivity index (χ3n) is 2.64. The molecule has 0 unspecified atom stereocenters. The molecule has 20 heavy (non-hydrogen) atoms. The molecule has 0 aliphatic heterocycles. The van der Waals surface area contributed by atoms with E-state index in [0.29, 0.717) is 6.42 Å². The number of carbonyl (C=O) groups is 1. The van der Waals surface area contributed by atoms with Gasteiger partial charge in [0.15, 0.2) is 0 Å². The van der Waals surface area contributed by atoms with Crippen LogP contribution in [0.1, 0.15) is 19.4 Å². The summed E-state index contributed by atoms with van der Waals surface area (Å²) in [4.78, 5) is 29.2. The average Bonchev–Trinajstić information content (AvgIpc) is 2.36. The number of hydrogen-bond acceptors (Lipinski definition) is 3. The predicted molar refractivity (Wildman–Crippen MR) is 74.9 cm³/mol. The highest BCUT2D eigenvalue weighted by Gasteiger charge is 2.21. The zero-order valence-electron chi connectivity index (χ0n) is 11.5. The molecule has 0 heterocycles. The molecule has 1 atom stereocenters. The molecule has 112 valence electrons. The summed E-state index contributed by atoms with van der Waals surface area (Å²) in [6, 6.07) is 8.87. The van der Waals surface area contributed by atoms with Gasteiger partial charge in [-0.05, 0) is 12.0 Å². The van der Waals surface area contributed by atoms with E-state index in [4.69, 9.17) is 9.79 Å². The first kappa shape index (κ1) is 16.9. The lowest BCUT2D eigenvalue weighted by Gasteiger charge is -2.20. The Kier molecular flexibility index (Phi) is 6.36. The second-order valence-electron chi connectivity index (χ2n) is 4.84. The van der Waals surface area contributed by atoms with E-state index >= 15 is 0 Å². The Labute approximate surface area is 118 Å². The summed E-state index contributed by atoms with van der Waals surface area (Å²) in [6.45, 7) is 3.26. The molecule has 0 bridgehead atoms. The fraction of sp³-hybridized carbons (Fsp3) is 0.462. The van der Waals surface area contributed by atoms with Crippen LogP contribution in [-0.4, -0.2) is 28.3 Å². The van der Waals surface area contributed by atoms with Crippen molar-refractivity contribution >= 4 is 13.7 Å². The lowest BCUT2D eigenvalue weighted by molar-refractivity contribution is -0.125. The monoisotopic (exact) mass is 301 g/mol. The minimum absolute atomic E-state index is 0.180. The lowest BCUT2D eigenvalue weighted by Crippen LogP contribution is -2.41. The molecular weight excluding hydrogens is 281 g/mol. The highest BCUT2D eigenvalue weighted by Crippen LogP contribution is 2.35. The summed E-state index contributed by atoms with van der Waals surface area (Å²) in [7, 11) is -4.54. The summed E-state index contributed by atoms with van der Waals surface area (Å²) in [5, 5.41) is 2.73. The van der Waals surface area contributed by atoms with Gasteiger partial charge in [-0.25, -0.2) is 4.57 Å². The Morgan fingerprint density at radius 1 is 1.30 bits per heavy atom. The van der Waals surface area contributed by atoms with Gasteiger partial charge in [0.2, 0.25) is 5.91 Å². The van der Waals surface area contributed by atoms with E-state index < -0.39 is 13.9 Å². The van der Waals surface area contributed by atoms with Gasteiger partial charge in [0.05, 0.1) is 12.6 Å². The van der Waals surface area contributed by atoms with Crippen LogP contribution < -0.4 is 5.32 Å². The van der Waals surface area contributed by atoms with Crippen molar-refractivity contribution in [3.05, 3.63) is 35.9 Å². The number of carbonyl (C=O) groups excluding carboxylic acids is 1. The maximum Gasteiger partial charge on any atom is 0.469 e. The van der Waals surface area contributed by atoms with Gasteiger partial charge in [-0.2, -0.15) is 0 Å². The second kappa shape index (κ2) is 7.55. The molecule has 0 saturated carbocycles. The van der Waals surface area contributed by atoms with Crippen LogP contribution in [0.15, 0.2) is 30.3 Å². The van der Waals surface area contributed by atoms with Crippen molar-refractivity contribution in [3.8, 4) is 0 Å². The third kappa shape index (κ3) is 6.82. The first-order valence-corrected chi connectivity index (χ1v) is 7.85. The van der Waals surface area contributed by atoms with Gasteiger partial charge < -0.3 is 15.1 Å². The van der Waals surface area contributed by atoms with E-state index in [2.05, 4.69) is 9.84 Å². The number of hydrogen-bond donors (Lipinski definition) is 3. The lowest BCUT2D eigenvalue weighted by atomic mass is 10.1. The Balaban J connectivity index is 2.68. The minimum Gasteiger partial charge on any atom is -0.350 e. The fourth-order valence-electron chi connectivity index (χ4n) is 1.61. The Morgan fingerprint density at radius 3 is 2.40 bits per heavy atom. The van der Waals surface area contributed by atoms with Gasteiger partial charge in [0.1, 0.15) is 0 Å². The molecule has 1 aromatic carbocycles. The minimum atomic E-state index is -4.54. The van der Waals surface area contributed by atoms with Gasteiger partial charge >= 0.3 is 7.82 Å². The van der Waals surface area contributed by atoms with Crippen LogP contribution in [0.3, 0.4) is 0 Å². The van der Waals surface area contributed by atoms with Crippen molar-refractivity contribution in [1.29, 1.82) is 0 Å². The third-order valence-corrected chi connectivity index (χ3v) is 3.13. The van der Waals surface area contributed by atoms with Crippen molar-refractivity contribution in [2.24, 2.45) is 5.92 Å². The predicted octanol–water partition coefficient (Wildman–Crippen LogP) is 1.48. The number of rotatable bonds is 7. The summed E-state index contributed by atoms with van der Waals surface area (Å²) in [6.07, 6.45) is 0.444. The Bertz CT molecular complexity index is 471. The first-order valence-electron chi connectivity index (χ1n) is 6.32. The fourth-order valence-corrected chi connectivity index (χ4v) is 1.98. The van der Waals surface area contributed by atoms with Crippen molar-refractivity contribution in [3.63, 3.8) is 0 Å². The molecule has 7 heteroatoms. The molecular formula is C13H20NO5P. The number of nitrogens with one attached hydrogen (secondary N) is 1. The SMILES string of the molecule is CC(C)C(=O)N[C@@H](COP(=O)(O)O)Cc1ccccc1.